The third kappa shape index (κ3) is 4.21. The maximum absolute atomic E-state index is 5.82. The van der Waals surface area contributed by atoms with Crippen molar-refractivity contribution in [2.75, 3.05) is 6.54 Å². The Balaban J connectivity index is 1.61. The normalized spacial score (nSPS) is 10.6. The molecule has 17 heavy (non-hydrogen) atoms. The molecular formula is C13H16ClN3. The lowest BCUT2D eigenvalue weighted by Gasteiger charge is -2.05. The van der Waals surface area contributed by atoms with Gasteiger partial charge < -0.3 is 9.88 Å². The van der Waals surface area contributed by atoms with Crippen LogP contribution in [0.3, 0.4) is 0 Å². The van der Waals surface area contributed by atoms with E-state index in [9.17, 15) is 0 Å². The zero-order valence-corrected chi connectivity index (χ0v) is 10.4. The van der Waals surface area contributed by atoms with Crippen LogP contribution in [0.15, 0.2) is 43.0 Å². The summed E-state index contributed by atoms with van der Waals surface area (Å²) in [5, 5.41) is 4.19. The lowest BCUT2D eigenvalue weighted by Crippen LogP contribution is -2.16. The molecule has 2 aromatic rings. The van der Waals surface area contributed by atoms with Gasteiger partial charge in [-0.15, -0.1) is 0 Å². The topological polar surface area (TPSA) is 29.9 Å². The van der Waals surface area contributed by atoms with E-state index in [4.69, 9.17) is 11.6 Å². The van der Waals surface area contributed by atoms with Crippen molar-refractivity contribution in [2.24, 2.45) is 0 Å². The molecule has 1 heterocycles. The number of benzene rings is 1. The molecule has 1 aromatic heterocycles. The number of halogens is 1. The molecule has 0 saturated carbocycles. The first-order chi connectivity index (χ1) is 8.34. The molecule has 0 fully saturated rings. The van der Waals surface area contributed by atoms with Crippen LogP contribution < -0.4 is 5.32 Å². The largest absolute Gasteiger partial charge is 0.337 e. The third-order valence-electron chi connectivity index (χ3n) is 2.57. The summed E-state index contributed by atoms with van der Waals surface area (Å²) in [5.41, 5.74) is 1.26. The summed E-state index contributed by atoms with van der Waals surface area (Å²) >= 11 is 5.82. The average Bonchev–Trinajstić information content (AvgIpc) is 2.84. The van der Waals surface area contributed by atoms with Gasteiger partial charge in [0.25, 0.3) is 0 Å². The zero-order chi connectivity index (χ0) is 11.9. The SMILES string of the molecule is Clc1ccc(CNCCCn2ccnc2)cc1. The van der Waals surface area contributed by atoms with Gasteiger partial charge in [0.05, 0.1) is 6.33 Å². The summed E-state index contributed by atoms with van der Waals surface area (Å²) in [5.74, 6) is 0. The van der Waals surface area contributed by atoms with E-state index in [1.54, 1.807) is 6.20 Å². The van der Waals surface area contributed by atoms with E-state index in [1.165, 1.54) is 5.56 Å². The number of aryl methyl sites for hydroxylation is 1. The summed E-state index contributed by atoms with van der Waals surface area (Å²) in [6.07, 6.45) is 6.74. The van der Waals surface area contributed by atoms with Crippen molar-refractivity contribution in [2.45, 2.75) is 19.5 Å². The van der Waals surface area contributed by atoms with Crippen LogP contribution in [0.25, 0.3) is 0 Å². The molecule has 0 aliphatic carbocycles. The number of hydrogen-bond donors (Lipinski definition) is 1. The van der Waals surface area contributed by atoms with Crippen LogP contribution >= 0.6 is 11.6 Å². The maximum atomic E-state index is 5.82. The Morgan fingerprint density at radius 3 is 2.76 bits per heavy atom. The van der Waals surface area contributed by atoms with Gasteiger partial charge in [-0.2, -0.15) is 0 Å². The molecule has 4 heteroatoms. The molecule has 1 aromatic carbocycles. The predicted molar refractivity (Wildman–Crippen MR) is 70.0 cm³/mol. The van der Waals surface area contributed by atoms with Gasteiger partial charge in [-0.1, -0.05) is 23.7 Å². The lowest BCUT2D eigenvalue weighted by molar-refractivity contribution is 0.581. The molecule has 0 aliphatic heterocycles. The molecule has 3 nitrogen and oxygen atoms in total. The van der Waals surface area contributed by atoms with Gasteiger partial charge in [-0.25, -0.2) is 4.98 Å². The van der Waals surface area contributed by atoms with E-state index in [0.29, 0.717) is 0 Å². The van der Waals surface area contributed by atoms with Crippen molar-refractivity contribution < 1.29 is 0 Å². The molecule has 0 radical (unpaired) electrons. The van der Waals surface area contributed by atoms with E-state index >= 15 is 0 Å². The Bertz CT molecular complexity index is 422. The number of hydrogen-bond acceptors (Lipinski definition) is 2. The maximum Gasteiger partial charge on any atom is 0.0945 e. The predicted octanol–water partition coefficient (Wildman–Crippen LogP) is 2.72. The molecule has 0 unspecified atom stereocenters. The van der Waals surface area contributed by atoms with Crippen LogP contribution in [0.1, 0.15) is 12.0 Å². The van der Waals surface area contributed by atoms with E-state index in [2.05, 4.69) is 14.9 Å². The minimum Gasteiger partial charge on any atom is -0.337 e. The molecule has 0 spiro atoms. The van der Waals surface area contributed by atoms with Crippen LogP contribution in [-0.2, 0) is 13.1 Å². The van der Waals surface area contributed by atoms with Crippen LogP contribution in [0.2, 0.25) is 5.02 Å². The molecule has 0 bridgehead atoms. The zero-order valence-electron chi connectivity index (χ0n) is 9.64. The minimum absolute atomic E-state index is 0.786. The van der Waals surface area contributed by atoms with Gasteiger partial charge in [-0.3, -0.25) is 0 Å². The number of imidazole rings is 1. The highest BCUT2D eigenvalue weighted by atomic mass is 35.5. The highest BCUT2D eigenvalue weighted by Crippen LogP contribution is 2.08. The summed E-state index contributed by atoms with van der Waals surface area (Å²) < 4.78 is 2.09. The lowest BCUT2D eigenvalue weighted by atomic mass is 10.2. The first-order valence-corrected chi connectivity index (χ1v) is 6.13. The van der Waals surface area contributed by atoms with Gasteiger partial charge in [0.2, 0.25) is 0 Å². The fourth-order valence-corrected chi connectivity index (χ4v) is 1.77. The third-order valence-corrected chi connectivity index (χ3v) is 2.82. The molecule has 90 valence electrons. The smallest absolute Gasteiger partial charge is 0.0945 e. The molecule has 1 N–H and O–H groups in total. The molecule has 2 rings (SSSR count). The first kappa shape index (κ1) is 12.1. The molecular weight excluding hydrogens is 234 g/mol. The Labute approximate surface area is 106 Å². The Kier molecular flexibility index (Phi) is 4.59. The summed E-state index contributed by atoms with van der Waals surface area (Å²) in [6, 6.07) is 7.94. The van der Waals surface area contributed by atoms with Crippen LogP contribution in [0.4, 0.5) is 0 Å². The molecule has 0 aliphatic rings. The minimum atomic E-state index is 0.786. The standard InChI is InChI=1S/C13H16ClN3/c14-13-4-2-12(3-5-13)10-15-6-1-8-17-9-7-16-11-17/h2-5,7,9,11,15H,1,6,8,10H2. The monoisotopic (exact) mass is 249 g/mol. The Morgan fingerprint density at radius 2 is 2.06 bits per heavy atom. The van der Waals surface area contributed by atoms with E-state index in [1.807, 2.05) is 36.8 Å². The highest BCUT2D eigenvalue weighted by molar-refractivity contribution is 6.30. The van der Waals surface area contributed by atoms with E-state index < -0.39 is 0 Å². The van der Waals surface area contributed by atoms with Gasteiger partial charge in [-0.05, 0) is 30.7 Å². The van der Waals surface area contributed by atoms with Gasteiger partial charge >= 0.3 is 0 Å². The average molecular weight is 250 g/mol. The Hall–Kier alpha value is -1.32. The molecule has 0 atom stereocenters. The number of rotatable bonds is 6. The van der Waals surface area contributed by atoms with Crippen LogP contribution in [-0.4, -0.2) is 16.1 Å². The summed E-state index contributed by atoms with van der Waals surface area (Å²) in [7, 11) is 0. The number of aromatic nitrogens is 2. The van der Waals surface area contributed by atoms with Crippen molar-refractivity contribution >= 4 is 11.6 Å². The highest BCUT2D eigenvalue weighted by Gasteiger charge is 1.93. The van der Waals surface area contributed by atoms with E-state index in [-0.39, 0.29) is 0 Å². The van der Waals surface area contributed by atoms with Crippen LogP contribution in [0.5, 0.6) is 0 Å². The number of nitrogens with zero attached hydrogens (tertiary/aromatic N) is 2. The fraction of sp³-hybridized carbons (Fsp3) is 0.308. The fourth-order valence-electron chi connectivity index (χ4n) is 1.64. The second kappa shape index (κ2) is 6.42. The van der Waals surface area contributed by atoms with Gasteiger partial charge in [0.1, 0.15) is 0 Å². The van der Waals surface area contributed by atoms with Crippen molar-refractivity contribution in [3.63, 3.8) is 0 Å². The molecule has 0 amide bonds. The number of nitrogens with one attached hydrogen (secondary N) is 1. The van der Waals surface area contributed by atoms with Gasteiger partial charge in [0.15, 0.2) is 0 Å². The van der Waals surface area contributed by atoms with Gasteiger partial charge in [0, 0.05) is 30.5 Å². The second-order valence-electron chi connectivity index (χ2n) is 3.96. The quantitative estimate of drug-likeness (QED) is 0.798. The van der Waals surface area contributed by atoms with Crippen molar-refractivity contribution in [1.29, 1.82) is 0 Å². The van der Waals surface area contributed by atoms with Crippen molar-refractivity contribution in [3.05, 3.63) is 53.6 Å². The Morgan fingerprint density at radius 1 is 1.24 bits per heavy atom. The summed E-state index contributed by atoms with van der Waals surface area (Å²) in [6.45, 7) is 2.90. The van der Waals surface area contributed by atoms with E-state index in [0.717, 1.165) is 31.1 Å². The van der Waals surface area contributed by atoms with Crippen LogP contribution in [0, 0.1) is 0 Å². The van der Waals surface area contributed by atoms with Crippen molar-refractivity contribution in [1.82, 2.24) is 14.9 Å². The first-order valence-electron chi connectivity index (χ1n) is 5.75. The molecule has 0 saturated heterocycles. The van der Waals surface area contributed by atoms with Crippen molar-refractivity contribution in [3.8, 4) is 0 Å². The second-order valence-corrected chi connectivity index (χ2v) is 4.39. The summed E-state index contributed by atoms with van der Waals surface area (Å²) in [4.78, 5) is 4.01.